The number of fused-ring (bicyclic) bond motifs is 1. The minimum Gasteiger partial charge on any atom is -0.399 e. The number of nitrogens with one attached hydrogen (secondary N) is 2. The van der Waals surface area contributed by atoms with Crippen LogP contribution in [0.1, 0.15) is 5.56 Å². The fraction of sp³-hybridized carbons (Fsp3) is 0.125. The summed E-state index contributed by atoms with van der Waals surface area (Å²) in [5, 5.41) is 3.75. The second kappa shape index (κ2) is 5.87. The molecule has 1 atom stereocenters. The molecular formula is C16H17N5O. The molecule has 0 saturated carbocycles. The molecule has 0 bridgehead atoms. The number of hydrogen-bond acceptors (Lipinski definition) is 4. The summed E-state index contributed by atoms with van der Waals surface area (Å²) in [5.74, 6) is 0.114. The molecule has 2 aromatic heterocycles. The lowest BCUT2D eigenvalue weighted by molar-refractivity contribution is -0.117. The number of H-pyrrole nitrogens is 1. The molecule has 1 amide bonds. The Morgan fingerprint density at radius 2 is 2.14 bits per heavy atom. The van der Waals surface area contributed by atoms with Crippen LogP contribution in [0.25, 0.3) is 10.9 Å². The number of amides is 1. The molecule has 0 spiro atoms. The van der Waals surface area contributed by atoms with Gasteiger partial charge in [-0.2, -0.15) is 0 Å². The van der Waals surface area contributed by atoms with Gasteiger partial charge in [-0.3, -0.25) is 4.79 Å². The highest BCUT2D eigenvalue weighted by Gasteiger charge is 2.16. The van der Waals surface area contributed by atoms with Crippen molar-refractivity contribution in [3.05, 3.63) is 54.4 Å². The van der Waals surface area contributed by atoms with E-state index in [1.165, 1.54) is 6.20 Å². The molecule has 6 nitrogen and oxygen atoms in total. The third kappa shape index (κ3) is 2.91. The summed E-state index contributed by atoms with van der Waals surface area (Å²) in [7, 11) is 0. The van der Waals surface area contributed by atoms with E-state index >= 15 is 0 Å². The number of pyridine rings is 1. The number of aromatic nitrogens is 2. The highest BCUT2D eigenvalue weighted by Crippen LogP contribution is 2.19. The van der Waals surface area contributed by atoms with Gasteiger partial charge in [0.25, 0.3) is 0 Å². The predicted molar refractivity (Wildman–Crippen MR) is 87.3 cm³/mol. The quantitative estimate of drug-likeness (QED) is 0.586. The first-order valence-corrected chi connectivity index (χ1v) is 6.96. The number of nitrogen functional groups attached to an aromatic ring is 1. The lowest BCUT2D eigenvalue weighted by Crippen LogP contribution is -2.37. The lowest BCUT2D eigenvalue weighted by Gasteiger charge is -2.11. The fourth-order valence-electron chi connectivity index (χ4n) is 2.36. The molecule has 0 unspecified atom stereocenters. The summed E-state index contributed by atoms with van der Waals surface area (Å²) < 4.78 is 0. The van der Waals surface area contributed by atoms with Gasteiger partial charge in [-0.1, -0.05) is 18.2 Å². The molecule has 0 radical (unpaired) electrons. The van der Waals surface area contributed by atoms with Gasteiger partial charge in [-0.15, -0.1) is 0 Å². The van der Waals surface area contributed by atoms with Gasteiger partial charge in [0.2, 0.25) is 5.91 Å². The molecule has 1 aromatic carbocycles. The van der Waals surface area contributed by atoms with Crippen LogP contribution >= 0.6 is 0 Å². The molecule has 3 aromatic rings. The van der Waals surface area contributed by atoms with Crippen molar-refractivity contribution in [2.45, 2.75) is 12.5 Å². The van der Waals surface area contributed by atoms with Crippen molar-refractivity contribution < 1.29 is 4.79 Å². The summed E-state index contributed by atoms with van der Waals surface area (Å²) in [5.41, 5.74) is 14.2. The van der Waals surface area contributed by atoms with Crippen molar-refractivity contribution in [2.75, 3.05) is 11.1 Å². The third-order valence-corrected chi connectivity index (χ3v) is 3.49. The number of aromatic amines is 1. The van der Waals surface area contributed by atoms with Crippen molar-refractivity contribution >= 4 is 28.3 Å². The number of para-hydroxylation sites is 1. The van der Waals surface area contributed by atoms with Gasteiger partial charge >= 0.3 is 0 Å². The van der Waals surface area contributed by atoms with E-state index in [0.717, 1.165) is 16.5 Å². The fourth-order valence-corrected chi connectivity index (χ4v) is 2.36. The summed E-state index contributed by atoms with van der Waals surface area (Å²) in [6.07, 6.45) is 3.87. The van der Waals surface area contributed by atoms with Crippen molar-refractivity contribution in [1.82, 2.24) is 9.97 Å². The second-order valence-electron chi connectivity index (χ2n) is 5.13. The number of carbonyl (C=O) groups excluding carboxylic acids is 1. The Hall–Kier alpha value is -2.86. The molecule has 0 aliphatic heterocycles. The number of rotatable bonds is 4. The highest BCUT2D eigenvalue weighted by molar-refractivity contribution is 5.95. The zero-order valence-corrected chi connectivity index (χ0v) is 11.9. The molecule has 112 valence electrons. The number of benzene rings is 1. The average molecular weight is 295 g/mol. The Morgan fingerprint density at radius 1 is 1.32 bits per heavy atom. The van der Waals surface area contributed by atoms with Crippen LogP contribution in [0, 0.1) is 0 Å². The van der Waals surface area contributed by atoms with Crippen molar-refractivity contribution in [3.8, 4) is 0 Å². The zero-order chi connectivity index (χ0) is 15.5. The smallest absolute Gasteiger partial charge is 0.242 e. The first-order valence-electron chi connectivity index (χ1n) is 6.96. The standard InChI is InChI=1S/C16H17N5O/c17-11-5-6-19-15(8-11)21-16(22)13(18)7-10-9-20-14-4-2-1-3-12(10)14/h1-6,8-9,13,20H,7,18H2,(H3,17,19,21,22)/t13-/m1/s1. The Morgan fingerprint density at radius 3 is 2.95 bits per heavy atom. The monoisotopic (exact) mass is 295 g/mol. The molecule has 22 heavy (non-hydrogen) atoms. The van der Waals surface area contributed by atoms with E-state index in [1.54, 1.807) is 12.1 Å². The molecule has 6 heteroatoms. The lowest BCUT2D eigenvalue weighted by atomic mass is 10.1. The van der Waals surface area contributed by atoms with Gasteiger partial charge in [-0.05, 0) is 24.1 Å². The summed E-state index contributed by atoms with van der Waals surface area (Å²) in [6.45, 7) is 0. The maximum absolute atomic E-state index is 12.2. The highest BCUT2D eigenvalue weighted by atomic mass is 16.2. The van der Waals surface area contributed by atoms with Crippen LogP contribution in [0.4, 0.5) is 11.5 Å². The molecular weight excluding hydrogens is 278 g/mol. The van der Waals surface area contributed by atoms with E-state index in [-0.39, 0.29) is 5.91 Å². The number of hydrogen-bond donors (Lipinski definition) is 4. The molecule has 2 heterocycles. The van der Waals surface area contributed by atoms with Gasteiger partial charge in [0, 0.05) is 35.1 Å². The molecule has 3 rings (SSSR count). The van der Waals surface area contributed by atoms with Crippen molar-refractivity contribution in [1.29, 1.82) is 0 Å². The van der Waals surface area contributed by atoms with E-state index < -0.39 is 6.04 Å². The van der Waals surface area contributed by atoms with Crippen LogP contribution in [-0.2, 0) is 11.2 Å². The SMILES string of the molecule is Nc1ccnc(NC(=O)[C@H](N)Cc2c[nH]c3ccccc23)c1. The largest absolute Gasteiger partial charge is 0.399 e. The third-order valence-electron chi connectivity index (χ3n) is 3.49. The van der Waals surface area contributed by atoms with E-state index in [2.05, 4.69) is 15.3 Å². The van der Waals surface area contributed by atoms with Crippen LogP contribution in [0.15, 0.2) is 48.8 Å². The van der Waals surface area contributed by atoms with Crippen molar-refractivity contribution in [3.63, 3.8) is 0 Å². The minimum atomic E-state index is -0.664. The molecule has 0 saturated heterocycles. The number of nitrogens with zero attached hydrogens (tertiary/aromatic N) is 1. The Kier molecular flexibility index (Phi) is 3.76. The maximum Gasteiger partial charge on any atom is 0.242 e. The molecule has 6 N–H and O–H groups in total. The molecule has 0 aliphatic rings. The number of nitrogens with two attached hydrogens (primary N) is 2. The summed E-state index contributed by atoms with van der Waals surface area (Å²) in [4.78, 5) is 19.4. The Balaban J connectivity index is 1.71. The number of carbonyl (C=O) groups is 1. The first kappa shape index (κ1) is 14.1. The topological polar surface area (TPSA) is 110 Å². The van der Waals surface area contributed by atoms with Crippen LogP contribution in [0.5, 0.6) is 0 Å². The van der Waals surface area contributed by atoms with Crippen molar-refractivity contribution in [2.24, 2.45) is 5.73 Å². The molecule has 0 aliphatic carbocycles. The number of anilines is 2. The van der Waals surface area contributed by atoms with E-state index in [0.29, 0.717) is 17.9 Å². The summed E-state index contributed by atoms with van der Waals surface area (Å²) in [6, 6.07) is 10.5. The van der Waals surface area contributed by atoms with Gasteiger partial charge in [0.1, 0.15) is 5.82 Å². The van der Waals surface area contributed by atoms with Crippen LogP contribution in [0.2, 0.25) is 0 Å². The van der Waals surface area contributed by atoms with Crippen LogP contribution < -0.4 is 16.8 Å². The first-order chi connectivity index (χ1) is 10.6. The van der Waals surface area contributed by atoms with Gasteiger partial charge in [0.05, 0.1) is 6.04 Å². The second-order valence-corrected chi connectivity index (χ2v) is 5.13. The van der Waals surface area contributed by atoms with Gasteiger partial charge < -0.3 is 21.8 Å². The normalized spacial score (nSPS) is 12.2. The Labute approximate surface area is 127 Å². The Bertz CT molecular complexity index is 811. The van der Waals surface area contributed by atoms with Crippen LogP contribution in [0.3, 0.4) is 0 Å². The zero-order valence-electron chi connectivity index (χ0n) is 11.9. The van der Waals surface area contributed by atoms with Gasteiger partial charge in [-0.25, -0.2) is 4.98 Å². The van der Waals surface area contributed by atoms with Gasteiger partial charge in [0.15, 0.2) is 0 Å². The molecule has 0 fully saturated rings. The van der Waals surface area contributed by atoms with Crippen LogP contribution in [-0.4, -0.2) is 21.9 Å². The summed E-state index contributed by atoms with van der Waals surface area (Å²) >= 11 is 0. The average Bonchev–Trinajstić information content (AvgIpc) is 2.90. The maximum atomic E-state index is 12.2. The van der Waals surface area contributed by atoms with E-state index in [1.807, 2.05) is 30.5 Å². The van der Waals surface area contributed by atoms with E-state index in [4.69, 9.17) is 11.5 Å². The minimum absolute atomic E-state index is 0.289. The predicted octanol–water partition coefficient (Wildman–Crippen LogP) is 1.65. The van der Waals surface area contributed by atoms with E-state index in [9.17, 15) is 4.79 Å².